The highest BCUT2D eigenvalue weighted by molar-refractivity contribution is 5.44. The molecule has 3 N–H and O–H groups in total. The van der Waals surface area contributed by atoms with E-state index in [1.807, 2.05) is 25.1 Å². The Morgan fingerprint density at radius 1 is 1.25 bits per heavy atom. The van der Waals surface area contributed by atoms with Crippen LogP contribution in [-0.4, -0.2) is 16.8 Å². The Bertz CT molecular complexity index is 633. The highest BCUT2D eigenvalue weighted by Crippen LogP contribution is 2.32. The second kappa shape index (κ2) is 5.22. The lowest BCUT2D eigenvalue weighted by atomic mass is 10.2. The SMILES string of the molecule is Cc1cc(OCc2ccc3c(c2)OCO3)nc(NN)n1. The van der Waals surface area contributed by atoms with Crippen molar-refractivity contribution in [3.05, 3.63) is 35.5 Å². The van der Waals surface area contributed by atoms with Gasteiger partial charge in [0.15, 0.2) is 11.5 Å². The van der Waals surface area contributed by atoms with Gasteiger partial charge in [0.25, 0.3) is 0 Å². The summed E-state index contributed by atoms with van der Waals surface area (Å²) < 4.78 is 16.2. The van der Waals surface area contributed by atoms with E-state index in [4.69, 9.17) is 20.1 Å². The first-order chi connectivity index (χ1) is 9.74. The Kier molecular flexibility index (Phi) is 3.26. The molecule has 104 valence electrons. The number of hydrogen-bond acceptors (Lipinski definition) is 7. The van der Waals surface area contributed by atoms with Gasteiger partial charge in [0.2, 0.25) is 18.6 Å². The topological polar surface area (TPSA) is 91.5 Å². The molecule has 7 nitrogen and oxygen atoms in total. The second-order valence-electron chi connectivity index (χ2n) is 4.29. The molecule has 0 aliphatic carbocycles. The van der Waals surface area contributed by atoms with Gasteiger partial charge >= 0.3 is 0 Å². The average molecular weight is 274 g/mol. The summed E-state index contributed by atoms with van der Waals surface area (Å²) in [5.74, 6) is 7.56. The van der Waals surface area contributed by atoms with Crippen LogP contribution in [0.4, 0.5) is 5.95 Å². The number of aromatic nitrogens is 2. The number of anilines is 1. The van der Waals surface area contributed by atoms with Gasteiger partial charge < -0.3 is 14.2 Å². The van der Waals surface area contributed by atoms with Gasteiger partial charge in [0.1, 0.15) is 6.61 Å². The number of nitrogens with zero attached hydrogens (tertiary/aromatic N) is 2. The molecule has 0 atom stereocenters. The van der Waals surface area contributed by atoms with Gasteiger partial charge in [0, 0.05) is 11.8 Å². The molecule has 2 aromatic rings. The van der Waals surface area contributed by atoms with Crippen LogP contribution in [0.15, 0.2) is 24.3 Å². The van der Waals surface area contributed by atoms with Gasteiger partial charge in [-0.3, -0.25) is 5.43 Å². The first-order valence-corrected chi connectivity index (χ1v) is 6.08. The number of aryl methyl sites for hydroxylation is 1. The van der Waals surface area contributed by atoms with Crippen molar-refractivity contribution in [1.29, 1.82) is 0 Å². The maximum atomic E-state index is 5.63. The molecule has 1 aromatic carbocycles. The fourth-order valence-corrected chi connectivity index (χ4v) is 1.87. The fraction of sp³-hybridized carbons (Fsp3) is 0.231. The zero-order valence-corrected chi connectivity index (χ0v) is 10.9. The minimum Gasteiger partial charge on any atom is -0.473 e. The third kappa shape index (κ3) is 2.57. The number of nitrogens with one attached hydrogen (secondary N) is 1. The quantitative estimate of drug-likeness (QED) is 0.642. The Balaban J connectivity index is 1.71. The molecule has 1 aliphatic heterocycles. The number of fused-ring (bicyclic) bond motifs is 1. The van der Waals surface area contributed by atoms with E-state index in [0.29, 0.717) is 18.4 Å². The van der Waals surface area contributed by atoms with Crippen molar-refractivity contribution in [2.45, 2.75) is 13.5 Å². The average Bonchev–Trinajstić information content (AvgIpc) is 2.92. The number of nitrogen functional groups attached to an aromatic ring is 1. The van der Waals surface area contributed by atoms with Crippen molar-refractivity contribution in [2.75, 3.05) is 12.2 Å². The molecule has 0 amide bonds. The molecule has 0 saturated carbocycles. The molecule has 20 heavy (non-hydrogen) atoms. The molecule has 0 saturated heterocycles. The first-order valence-electron chi connectivity index (χ1n) is 6.08. The highest BCUT2D eigenvalue weighted by Gasteiger charge is 2.13. The van der Waals surface area contributed by atoms with Crippen LogP contribution in [0.5, 0.6) is 17.4 Å². The van der Waals surface area contributed by atoms with Crippen molar-refractivity contribution in [1.82, 2.24) is 9.97 Å². The van der Waals surface area contributed by atoms with E-state index in [2.05, 4.69) is 15.4 Å². The van der Waals surface area contributed by atoms with Gasteiger partial charge in [-0.2, -0.15) is 4.98 Å². The predicted molar refractivity (Wildman–Crippen MR) is 71.5 cm³/mol. The zero-order valence-electron chi connectivity index (χ0n) is 10.9. The lowest BCUT2D eigenvalue weighted by Crippen LogP contribution is -2.11. The van der Waals surface area contributed by atoms with E-state index < -0.39 is 0 Å². The number of ether oxygens (including phenoxy) is 3. The second-order valence-corrected chi connectivity index (χ2v) is 4.29. The van der Waals surface area contributed by atoms with Gasteiger partial charge in [-0.25, -0.2) is 10.8 Å². The van der Waals surface area contributed by atoms with Gasteiger partial charge in [-0.15, -0.1) is 0 Å². The Labute approximate surface area is 115 Å². The Hall–Kier alpha value is -2.54. The largest absolute Gasteiger partial charge is 0.473 e. The molecule has 0 spiro atoms. The van der Waals surface area contributed by atoms with Crippen LogP contribution in [0.3, 0.4) is 0 Å². The molecule has 3 rings (SSSR count). The van der Waals surface area contributed by atoms with Crippen molar-refractivity contribution in [2.24, 2.45) is 5.84 Å². The number of rotatable bonds is 4. The maximum Gasteiger partial charge on any atom is 0.240 e. The predicted octanol–water partition coefficient (Wildman–Crippen LogP) is 1.38. The summed E-state index contributed by atoms with van der Waals surface area (Å²) in [6.07, 6.45) is 0. The molecule has 0 fully saturated rings. The highest BCUT2D eigenvalue weighted by atomic mass is 16.7. The van der Waals surface area contributed by atoms with E-state index in [9.17, 15) is 0 Å². The molecule has 2 heterocycles. The van der Waals surface area contributed by atoms with Gasteiger partial charge in [-0.05, 0) is 24.6 Å². The number of hydrogen-bond donors (Lipinski definition) is 2. The smallest absolute Gasteiger partial charge is 0.240 e. The first kappa shape index (κ1) is 12.5. The van der Waals surface area contributed by atoms with Crippen LogP contribution in [-0.2, 0) is 6.61 Å². The van der Waals surface area contributed by atoms with Crippen LogP contribution in [0.1, 0.15) is 11.3 Å². The van der Waals surface area contributed by atoms with E-state index in [-0.39, 0.29) is 6.79 Å². The van der Waals surface area contributed by atoms with Crippen molar-refractivity contribution < 1.29 is 14.2 Å². The normalized spacial score (nSPS) is 12.3. The zero-order chi connectivity index (χ0) is 13.9. The molecule has 0 radical (unpaired) electrons. The molecular formula is C13H14N4O3. The monoisotopic (exact) mass is 274 g/mol. The van der Waals surface area contributed by atoms with E-state index >= 15 is 0 Å². The van der Waals surface area contributed by atoms with Crippen LogP contribution < -0.4 is 25.5 Å². The number of nitrogens with two attached hydrogens (primary N) is 1. The summed E-state index contributed by atoms with van der Waals surface area (Å²) in [6, 6.07) is 7.41. The minimum absolute atomic E-state index is 0.260. The van der Waals surface area contributed by atoms with E-state index in [0.717, 1.165) is 22.8 Å². The summed E-state index contributed by atoms with van der Waals surface area (Å²) in [5, 5.41) is 0. The summed E-state index contributed by atoms with van der Waals surface area (Å²) in [6.45, 7) is 2.48. The molecule has 0 bridgehead atoms. The molecular weight excluding hydrogens is 260 g/mol. The number of benzene rings is 1. The standard InChI is InChI=1S/C13H14N4O3/c1-8-4-12(16-13(15-8)17-14)18-6-9-2-3-10-11(5-9)20-7-19-10/h2-5H,6-7,14H2,1H3,(H,15,16,17). The van der Waals surface area contributed by atoms with Crippen molar-refractivity contribution >= 4 is 5.95 Å². The Morgan fingerprint density at radius 3 is 2.95 bits per heavy atom. The third-order valence-corrected chi connectivity index (χ3v) is 2.78. The van der Waals surface area contributed by atoms with Crippen molar-refractivity contribution in [3.63, 3.8) is 0 Å². The van der Waals surface area contributed by atoms with Crippen molar-refractivity contribution in [3.8, 4) is 17.4 Å². The van der Waals surface area contributed by atoms with Gasteiger partial charge in [0.05, 0.1) is 0 Å². The lowest BCUT2D eigenvalue weighted by Gasteiger charge is -2.08. The molecule has 7 heteroatoms. The van der Waals surface area contributed by atoms with Gasteiger partial charge in [-0.1, -0.05) is 6.07 Å². The summed E-state index contributed by atoms with van der Waals surface area (Å²) >= 11 is 0. The fourth-order valence-electron chi connectivity index (χ4n) is 1.87. The van der Waals surface area contributed by atoms with E-state index in [1.54, 1.807) is 6.07 Å². The van der Waals surface area contributed by atoms with Crippen LogP contribution in [0.25, 0.3) is 0 Å². The van der Waals surface area contributed by atoms with Crippen LogP contribution in [0, 0.1) is 6.92 Å². The Morgan fingerprint density at radius 2 is 2.10 bits per heavy atom. The summed E-state index contributed by atoms with van der Waals surface area (Å²) in [5.41, 5.74) is 4.14. The molecule has 0 unspecified atom stereocenters. The summed E-state index contributed by atoms with van der Waals surface area (Å²) in [4.78, 5) is 8.21. The third-order valence-electron chi connectivity index (χ3n) is 2.78. The number of hydrazine groups is 1. The maximum absolute atomic E-state index is 5.63. The van der Waals surface area contributed by atoms with Crippen LogP contribution >= 0.6 is 0 Å². The lowest BCUT2D eigenvalue weighted by molar-refractivity contribution is 0.174. The minimum atomic E-state index is 0.260. The van der Waals surface area contributed by atoms with Crippen LogP contribution in [0.2, 0.25) is 0 Å². The summed E-state index contributed by atoms with van der Waals surface area (Å²) in [7, 11) is 0. The molecule has 1 aromatic heterocycles. The molecule has 1 aliphatic rings. The van der Waals surface area contributed by atoms with E-state index in [1.165, 1.54) is 0 Å².